The molecule has 0 aromatic carbocycles. The highest BCUT2D eigenvalue weighted by Crippen LogP contribution is 2.28. The van der Waals surface area contributed by atoms with Crippen molar-refractivity contribution in [2.45, 2.75) is 19.3 Å². The summed E-state index contributed by atoms with van der Waals surface area (Å²) < 4.78 is 5.00. The second-order valence-corrected chi connectivity index (χ2v) is 4.39. The molecule has 6 heteroatoms. The first-order chi connectivity index (χ1) is 9.31. The Hall–Kier alpha value is -2.24. The van der Waals surface area contributed by atoms with E-state index >= 15 is 0 Å². The molecule has 0 aliphatic heterocycles. The third-order valence-electron chi connectivity index (χ3n) is 3.25. The summed E-state index contributed by atoms with van der Waals surface area (Å²) in [5.74, 6) is 1.99. The first-order valence-corrected chi connectivity index (χ1v) is 6.27. The van der Waals surface area contributed by atoms with Crippen LogP contribution in [0.5, 0.6) is 5.88 Å². The molecular formula is C13H15N5O. The molecule has 1 aliphatic carbocycles. The average molecular weight is 257 g/mol. The van der Waals surface area contributed by atoms with E-state index in [-0.39, 0.29) is 0 Å². The molecule has 19 heavy (non-hydrogen) atoms. The topological polar surface area (TPSA) is 72.8 Å². The van der Waals surface area contributed by atoms with Gasteiger partial charge in [0, 0.05) is 24.4 Å². The van der Waals surface area contributed by atoms with E-state index in [1.807, 2.05) is 13.1 Å². The van der Waals surface area contributed by atoms with Crippen molar-refractivity contribution in [1.29, 1.82) is 0 Å². The normalized spacial score (nSPS) is 13.2. The van der Waals surface area contributed by atoms with Gasteiger partial charge >= 0.3 is 0 Å². The summed E-state index contributed by atoms with van der Waals surface area (Å²) in [4.78, 5) is 9.12. The molecule has 3 rings (SSSR count). The van der Waals surface area contributed by atoms with Gasteiger partial charge in [0.2, 0.25) is 5.88 Å². The number of hydrogen-bond donors (Lipinski definition) is 1. The molecular weight excluding hydrogens is 242 g/mol. The lowest BCUT2D eigenvalue weighted by molar-refractivity contribution is 0.392. The molecule has 0 radical (unpaired) electrons. The van der Waals surface area contributed by atoms with E-state index in [0.717, 1.165) is 30.8 Å². The van der Waals surface area contributed by atoms with Crippen LogP contribution in [0, 0.1) is 0 Å². The maximum atomic E-state index is 5.00. The Morgan fingerprint density at radius 1 is 1.16 bits per heavy atom. The molecule has 0 saturated carbocycles. The van der Waals surface area contributed by atoms with Gasteiger partial charge in [-0.25, -0.2) is 9.97 Å². The van der Waals surface area contributed by atoms with Crippen LogP contribution < -0.4 is 10.1 Å². The van der Waals surface area contributed by atoms with Gasteiger partial charge in [0.25, 0.3) is 0 Å². The number of hydrogen-bond acceptors (Lipinski definition) is 6. The molecule has 0 amide bonds. The van der Waals surface area contributed by atoms with Gasteiger partial charge in [0.1, 0.15) is 11.5 Å². The van der Waals surface area contributed by atoms with Gasteiger partial charge in [0.15, 0.2) is 5.82 Å². The molecule has 2 aromatic rings. The SMILES string of the molecule is CNc1nc(-c2ccc(OC)nn2)nc2c1CCC2. The van der Waals surface area contributed by atoms with Crippen LogP contribution in [0.4, 0.5) is 5.82 Å². The van der Waals surface area contributed by atoms with E-state index in [4.69, 9.17) is 4.74 Å². The number of rotatable bonds is 3. The second kappa shape index (κ2) is 4.79. The predicted molar refractivity (Wildman–Crippen MR) is 71.2 cm³/mol. The molecule has 1 N–H and O–H groups in total. The van der Waals surface area contributed by atoms with Crippen molar-refractivity contribution in [3.8, 4) is 17.4 Å². The Morgan fingerprint density at radius 3 is 2.74 bits per heavy atom. The molecule has 0 fully saturated rings. The number of methoxy groups -OCH3 is 1. The van der Waals surface area contributed by atoms with Crippen LogP contribution in [-0.4, -0.2) is 34.3 Å². The largest absolute Gasteiger partial charge is 0.480 e. The predicted octanol–water partition coefficient (Wildman–Crippen LogP) is 1.47. The van der Waals surface area contributed by atoms with Gasteiger partial charge in [-0.05, 0) is 25.3 Å². The Bertz CT molecular complexity index is 597. The summed E-state index contributed by atoms with van der Waals surface area (Å²) in [7, 11) is 3.44. The van der Waals surface area contributed by atoms with Gasteiger partial charge in [-0.3, -0.25) is 0 Å². The number of nitrogens with zero attached hydrogens (tertiary/aromatic N) is 4. The van der Waals surface area contributed by atoms with Crippen LogP contribution in [0.2, 0.25) is 0 Å². The number of aromatic nitrogens is 4. The Labute approximate surface area is 111 Å². The van der Waals surface area contributed by atoms with Crippen LogP contribution in [0.25, 0.3) is 11.5 Å². The van der Waals surface area contributed by atoms with Gasteiger partial charge in [-0.1, -0.05) is 0 Å². The average Bonchev–Trinajstić information content (AvgIpc) is 2.94. The van der Waals surface area contributed by atoms with Crippen LogP contribution >= 0.6 is 0 Å². The van der Waals surface area contributed by atoms with Crippen molar-refractivity contribution in [1.82, 2.24) is 20.2 Å². The Morgan fingerprint density at radius 2 is 2.05 bits per heavy atom. The smallest absolute Gasteiger partial charge is 0.233 e. The first-order valence-electron chi connectivity index (χ1n) is 6.27. The van der Waals surface area contributed by atoms with Crippen LogP contribution in [0.15, 0.2) is 12.1 Å². The van der Waals surface area contributed by atoms with Gasteiger partial charge in [-0.15, -0.1) is 10.2 Å². The van der Waals surface area contributed by atoms with Gasteiger partial charge in [0.05, 0.1) is 7.11 Å². The quantitative estimate of drug-likeness (QED) is 0.897. The lowest BCUT2D eigenvalue weighted by Crippen LogP contribution is -2.04. The standard InChI is InChI=1S/C13H15N5O/c1-14-12-8-4-3-5-9(8)15-13(16-12)10-6-7-11(19-2)18-17-10/h6-7H,3-5H2,1-2H3,(H,14,15,16). The number of aryl methyl sites for hydroxylation is 1. The summed E-state index contributed by atoms with van der Waals surface area (Å²) in [6.45, 7) is 0. The molecule has 1 aliphatic rings. The monoisotopic (exact) mass is 257 g/mol. The molecule has 0 unspecified atom stereocenters. The number of anilines is 1. The first kappa shape index (κ1) is 11.8. The van der Waals surface area contributed by atoms with E-state index in [1.54, 1.807) is 13.2 Å². The second-order valence-electron chi connectivity index (χ2n) is 4.39. The van der Waals surface area contributed by atoms with E-state index in [1.165, 1.54) is 5.56 Å². The van der Waals surface area contributed by atoms with Crippen molar-refractivity contribution in [3.05, 3.63) is 23.4 Å². The molecule has 0 saturated heterocycles. The molecule has 0 bridgehead atoms. The third-order valence-corrected chi connectivity index (χ3v) is 3.25. The Balaban J connectivity index is 2.04. The van der Waals surface area contributed by atoms with Crippen molar-refractivity contribution >= 4 is 5.82 Å². The molecule has 6 nitrogen and oxygen atoms in total. The fourth-order valence-electron chi connectivity index (χ4n) is 2.30. The summed E-state index contributed by atoms with van der Waals surface area (Å²) in [6.07, 6.45) is 3.18. The van der Waals surface area contributed by atoms with Gasteiger partial charge in [-0.2, -0.15) is 0 Å². The lowest BCUT2D eigenvalue weighted by atomic mass is 10.2. The minimum absolute atomic E-state index is 0.485. The zero-order valence-corrected chi connectivity index (χ0v) is 11.0. The summed E-state index contributed by atoms with van der Waals surface area (Å²) in [5.41, 5.74) is 3.01. The summed E-state index contributed by atoms with van der Waals surface area (Å²) in [6, 6.07) is 3.58. The minimum Gasteiger partial charge on any atom is -0.480 e. The molecule has 2 heterocycles. The maximum absolute atomic E-state index is 5.00. The van der Waals surface area contributed by atoms with Gasteiger partial charge < -0.3 is 10.1 Å². The number of nitrogens with one attached hydrogen (secondary N) is 1. The summed E-state index contributed by atoms with van der Waals surface area (Å²) >= 11 is 0. The zero-order chi connectivity index (χ0) is 13.2. The Kier molecular flexibility index (Phi) is 2.98. The highest BCUT2D eigenvalue weighted by molar-refractivity contribution is 5.57. The van der Waals surface area contributed by atoms with Crippen LogP contribution in [0.1, 0.15) is 17.7 Å². The van der Waals surface area contributed by atoms with Crippen molar-refractivity contribution in [2.24, 2.45) is 0 Å². The van der Waals surface area contributed by atoms with E-state index in [0.29, 0.717) is 17.4 Å². The van der Waals surface area contributed by atoms with Crippen molar-refractivity contribution in [2.75, 3.05) is 19.5 Å². The summed E-state index contributed by atoms with van der Waals surface area (Å²) in [5, 5.41) is 11.2. The van der Waals surface area contributed by atoms with Crippen molar-refractivity contribution < 1.29 is 4.74 Å². The highest BCUT2D eigenvalue weighted by atomic mass is 16.5. The fraction of sp³-hybridized carbons (Fsp3) is 0.385. The van der Waals surface area contributed by atoms with E-state index < -0.39 is 0 Å². The van der Waals surface area contributed by atoms with E-state index in [2.05, 4.69) is 25.5 Å². The fourth-order valence-corrected chi connectivity index (χ4v) is 2.30. The van der Waals surface area contributed by atoms with Crippen molar-refractivity contribution in [3.63, 3.8) is 0 Å². The number of ether oxygens (including phenoxy) is 1. The molecule has 0 spiro atoms. The number of fused-ring (bicyclic) bond motifs is 1. The molecule has 0 atom stereocenters. The minimum atomic E-state index is 0.485. The lowest BCUT2D eigenvalue weighted by Gasteiger charge is -2.08. The highest BCUT2D eigenvalue weighted by Gasteiger charge is 2.19. The molecule has 2 aromatic heterocycles. The third kappa shape index (κ3) is 2.09. The zero-order valence-electron chi connectivity index (χ0n) is 11.0. The molecule has 98 valence electrons. The maximum Gasteiger partial charge on any atom is 0.233 e. The van der Waals surface area contributed by atoms with Crippen LogP contribution in [-0.2, 0) is 12.8 Å². The van der Waals surface area contributed by atoms with Crippen LogP contribution in [0.3, 0.4) is 0 Å². The van der Waals surface area contributed by atoms with E-state index in [9.17, 15) is 0 Å².